The Labute approximate surface area is 116 Å². The Bertz CT molecular complexity index is 488. The molecule has 0 atom stereocenters. The van der Waals surface area contributed by atoms with E-state index in [0.717, 1.165) is 0 Å². The zero-order valence-electron chi connectivity index (χ0n) is 10.5. The van der Waals surface area contributed by atoms with Crippen molar-refractivity contribution >= 4 is 23.0 Å². The maximum Gasteiger partial charge on any atom is 0.294 e. The van der Waals surface area contributed by atoms with Crippen molar-refractivity contribution in [1.82, 2.24) is 0 Å². The fourth-order valence-electron chi connectivity index (χ4n) is 1.69. The average Bonchev–Trinajstić information content (AvgIpc) is 2.39. The number of hydrogen-bond acceptors (Lipinski definition) is 5. The van der Waals surface area contributed by atoms with E-state index in [4.69, 9.17) is 21.6 Å². The van der Waals surface area contributed by atoms with E-state index in [9.17, 15) is 10.1 Å². The molecule has 1 aromatic rings. The van der Waals surface area contributed by atoms with Crippen molar-refractivity contribution in [3.05, 3.63) is 33.3 Å². The summed E-state index contributed by atoms with van der Waals surface area (Å²) in [6, 6.07) is 6.54. The van der Waals surface area contributed by atoms with Crippen molar-refractivity contribution in [2.24, 2.45) is 0 Å². The molecular weight excluding hydrogens is 270 g/mol. The first kappa shape index (κ1) is 15.2. The summed E-state index contributed by atoms with van der Waals surface area (Å²) in [6.07, 6.45) is 0.256. The van der Waals surface area contributed by atoms with Crippen molar-refractivity contribution in [3.63, 3.8) is 0 Å². The molecule has 1 rings (SSSR count). The summed E-state index contributed by atoms with van der Waals surface area (Å²) in [7, 11) is 1.55. The maximum atomic E-state index is 11.1. The number of nitrogens with zero attached hydrogens (tertiary/aromatic N) is 3. The smallest absolute Gasteiger partial charge is 0.294 e. The Morgan fingerprint density at radius 3 is 2.84 bits per heavy atom. The van der Waals surface area contributed by atoms with E-state index in [2.05, 4.69) is 0 Å². The van der Waals surface area contributed by atoms with Gasteiger partial charge in [0, 0.05) is 26.3 Å². The quantitative estimate of drug-likeness (QED) is 0.567. The minimum absolute atomic E-state index is 0.0680. The Kier molecular flexibility index (Phi) is 6.06. The van der Waals surface area contributed by atoms with Gasteiger partial charge in [-0.2, -0.15) is 5.26 Å². The highest BCUT2D eigenvalue weighted by atomic mass is 35.5. The average molecular weight is 284 g/mol. The van der Waals surface area contributed by atoms with Gasteiger partial charge in [0.15, 0.2) is 0 Å². The standard InChI is InChI=1S/C12H14ClN3O3/c1-19-9-8-15(7-3-6-14)12-10(13)4-2-5-11(12)16(17)18/h2,4-5H,3,7-9H2,1H3. The number of halogens is 1. The van der Waals surface area contributed by atoms with E-state index >= 15 is 0 Å². The second kappa shape index (κ2) is 7.56. The van der Waals surface area contributed by atoms with Crippen LogP contribution in [0.1, 0.15) is 6.42 Å². The molecule has 0 heterocycles. The second-order valence-electron chi connectivity index (χ2n) is 3.75. The van der Waals surface area contributed by atoms with Gasteiger partial charge in [0.25, 0.3) is 5.69 Å². The number of nitriles is 1. The topological polar surface area (TPSA) is 79.4 Å². The van der Waals surface area contributed by atoms with Crippen molar-refractivity contribution < 1.29 is 9.66 Å². The van der Waals surface area contributed by atoms with Crippen LogP contribution in [-0.2, 0) is 4.74 Å². The van der Waals surface area contributed by atoms with Gasteiger partial charge in [0.2, 0.25) is 0 Å². The third-order valence-corrected chi connectivity index (χ3v) is 2.84. The number of hydrogen-bond donors (Lipinski definition) is 0. The van der Waals surface area contributed by atoms with Crippen LogP contribution in [0.15, 0.2) is 18.2 Å². The minimum Gasteiger partial charge on any atom is -0.383 e. The molecule has 6 nitrogen and oxygen atoms in total. The Morgan fingerprint density at radius 2 is 2.26 bits per heavy atom. The Hall–Kier alpha value is -1.84. The number of para-hydroxylation sites is 1. The lowest BCUT2D eigenvalue weighted by atomic mass is 10.2. The van der Waals surface area contributed by atoms with E-state index in [1.165, 1.54) is 12.1 Å². The van der Waals surface area contributed by atoms with Crippen molar-refractivity contribution in [3.8, 4) is 6.07 Å². The van der Waals surface area contributed by atoms with Crippen LogP contribution in [0.3, 0.4) is 0 Å². The van der Waals surface area contributed by atoms with E-state index in [1.807, 2.05) is 6.07 Å². The molecule has 0 fully saturated rings. The minimum atomic E-state index is -0.479. The van der Waals surface area contributed by atoms with Gasteiger partial charge in [0.05, 0.1) is 29.0 Å². The molecule has 0 aromatic heterocycles. The normalized spacial score (nSPS) is 9.95. The van der Waals surface area contributed by atoms with E-state index in [-0.39, 0.29) is 12.1 Å². The van der Waals surface area contributed by atoms with Crippen LogP contribution in [-0.4, -0.2) is 31.7 Å². The Balaban J connectivity index is 3.12. The fourth-order valence-corrected chi connectivity index (χ4v) is 1.98. The molecule has 102 valence electrons. The molecule has 0 spiro atoms. The fraction of sp³-hybridized carbons (Fsp3) is 0.417. The zero-order chi connectivity index (χ0) is 14.3. The van der Waals surface area contributed by atoms with Gasteiger partial charge >= 0.3 is 0 Å². The SMILES string of the molecule is COCCN(CCC#N)c1c(Cl)cccc1[N+](=O)[O-]. The lowest BCUT2D eigenvalue weighted by Crippen LogP contribution is -2.29. The molecule has 1 aromatic carbocycles. The molecule has 0 saturated carbocycles. The number of nitro groups is 1. The number of rotatable bonds is 7. The van der Waals surface area contributed by atoms with E-state index in [0.29, 0.717) is 30.4 Å². The lowest BCUT2D eigenvalue weighted by Gasteiger charge is -2.24. The van der Waals surface area contributed by atoms with Crippen LogP contribution in [0.4, 0.5) is 11.4 Å². The molecule has 7 heteroatoms. The zero-order valence-corrected chi connectivity index (χ0v) is 11.3. The molecule has 0 amide bonds. The van der Waals surface area contributed by atoms with Gasteiger partial charge in [-0.15, -0.1) is 0 Å². The number of ether oxygens (including phenoxy) is 1. The molecule has 0 aliphatic carbocycles. The molecule has 0 aliphatic rings. The van der Waals surface area contributed by atoms with Crippen LogP contribution in [0, 0.1) is 21.4 Å². The lowest BCUT2D eigenvalue weighted by molar-refractivity contribution is -0.384. The Morgan fingerprint density at radius 1 is 1.53 bits per heavy atom. The van der Waals surface area contributed by atoms with Crippen LogP contribution in [0.25, 0.3) is 0 Å². The predicted octanol–water partition coefficient (Wildman–Crippen LogP) is 2.61. The van der Waals surface area contributed by atoms with Gasteiger partial charge in [0.1, 0.15) is 5.69 Å². The molecule has 0 saturated heterocycles. The third-order valence-electron chi connectivity index (χ3n) is 2.54. The summed E-state index contributed by atoms with van der Waals surface area (Å²) in [5.41, 5.74) is 0.267. The largest absolute Gasteiger partial charge is 0.383 e. The van der Waals surface area contributed by atoms with E-state index < -0.39 is 4.92 Å². The highest BCUT2D eigenvalue weighted by Crippen LogP contribution is 2.35. The molecule has 0 bridgehead atoms. The number of anilines is 1. The van der Waals surface area contributed by atoms with Crippen LogP contribution < -0.4 is 4.90 Å². The first-order valence-corrected chi connectivity index (χ1v) is 6.03. The summed E-state index contributed by atoms with van der Waals surface area (Å²) in [4.78, 5) is 12.3. The molecule has 0 N–H and O–H groups in total. The monoisotopic (exact) mass is 283 g/mol. The predicted molar refractivity (Wildman–Crippen MR) is 72.4 cm³/mol. The summed E-state index contributed by atoms with van der Waals surface area (Å²) in [5.74, 6) is 0. The highest BCUT2D eigenvalue weighted by molar-refractivity contribution is 6.33. The summed E-state index contributed by atoms with van der Waals surface area (Å²) in [6.45, 7) is 1.20. The molecule has 0 unspecified atom stereocenters. The van der Waals surface area contributed by atoms with Crippen LogP contribution in [0.2, 0.25) is 5.02 Å². The second-order valence-corrected chi connectivity index (χ2v) is 4.16. The van der Waals surface area contributed by atoms with Crippen molar-refractivity contribution in [2.45, 2.75) is 6.42 Å². The summed E-state index contributed by atoms with van der Waals surface area (Å²) in [5, 5.41) is 20.0. The first-order valence-electron chi connectivity index (χ1n) is 5.65. The summed E-state index contributed by atoms with van der Waals surface area (Å²) < 4.78 is 4.98. The molecule has 0 radical (unpaired) electrons. The van der Waals surface area contributed by atoms with Crippen molar-refractivity contribution in [2.75, 3.05) is 31.7 Å². The van der Waals surface area contributed by atoms with Gasteiger partial charge < -0.3 is 9.64 Å². The number of methoxy groups -OCH3 is 1. The van der Waals surface area contributed by atoms with Crippen LogP contribution >= 0.6 is 11.6 Å². The maximum absolute atomic E-state index is 11.1. The van der Waals surface area contributed by atoms with Crippen molar-refractivity contribution in [1.29, 1.82) is 5.26 Å². The van der Waals surface area contributed by atoms with Gasteiger partial charge in [-0.3, -0.25) is 10.1 Å². The van der Waals surface area contributed by atoms with Gasteiger partial charge in [-0.1, -0.05) is 17.7 Å². The molecule has 19 heavy (non-hydrogen) atoms. The molecule has 0 aliphatic heterocycles. The third kappa shape index (κ3) is 4.09. The van der Waals surface area contributed by atoms with E-state index in [1.54, 1.807) is 18.1 Å². The van der Waals surface area contributed by atoms with Crippen LogP contribution in [0.5, 0.6) is 0 Å². The molecular formula is C12H14ClN3O3. The summed E-state index contributed by atoms with van der Waals surface area (Å²) >= 11 is 6.06. The highest BCUT2D eigenvalue weighted by Gasteiger charge is 2.22. The number of nitro benzene ring substituents is 1. The first-order chi connectivity index (χ1) is 9.11. The number of benzene rings is 1. The van der Waals surface area contributed by atoms with Gasteiger partial charge in [-0.05, 0) is 6.07 Å². The van der Waals surface area contributed by atoms with Gasteiger partial charge in [-0.25, -0.2) is 0 Å².